The van der Waals surface area contributed by atoms with Crippen LogP contribution in [0.15, 0.2) is 47.8 Å². The molecule has 1 fully saturated rings. The summed E-state index contributed by atoms with van der Waals surface area (Å²) in [4.78, 5) is 18.8. The second-order valence-corrected chi connectivity index (χ2v) is 10.8. The number of aryl methyl sites for hydroxylation is 1. The van der Waals surface area contributed by atoms with E-state index < -0.39 is 93.5 Å². The topological polar surface area (TPSA) is 98.1 Å². The Morgan fingerprint density at radius 1 is 1.02 bits per heavy atom. The summed E-state index contributed by atoms with van der Waals surface area (Å²) >= 11 is 0. The molecule has 0 N–H and O–H groups in total. The molecule has 0 unspecified atom stereocenters. The minimum absolute atomic E-state index is 0.322. The molecule has 17 heteroatoms. The van der Waals surface area contributed by atoms with Gasteiger partial charge in [-0.25, -0.2) is 31.8 Å². The number of Topliss-reactive ketones (excluding diaryl/α,β-unsaturated/α-hetero) is 1. The molecule has 0 aliphatic carbocycles. The zero-order valence-corrected chi connectivity index (χ0v) is 21.1. The van der Waals surface area contributed by atoms with Gasteiger partial charge in [0.25, 0.3) is 0 Å². The normalized spacial score (nSPS) is 20.7. The van der Waals surface area contributed by atoms with Gasteiger partial charge in [0.15, 0.2) is 11.5 Å². The molecule has 3 heterocycles. The Balaban J connectivity index is 1.58. The molecule has 3 aromatic rings. The number of carbonyl (C=O) groups excluding carboxylic acids is 1. The molecule has 0 amide bonds. The van der Waals surface area contributed by atoms with Gasteiger partial charge in [-0.05, 0) is 37.6 Å². The molecule has 40 heavy (non-hydrogen) atoms. The summed E-state index contributed by atoms with van der Waals surface area (Å²) in [7, 11) is -4.48. The monoisotopic (exact) mass is 597 g/mol. The number of carbonyl (C=O) groups is 1. The smallest absolute Gasteiger partial charge is 0.298 e. The predicted octanol–water partition coefficient (Wildman–Crippen LogP) is 4.53. The summed E-state index contributed by atoms with van der Waals surface area (Å²) in [5.41, 5.74) is -2.27. The fraction of sp³-hybridized carbons (Fsp3) is 0.391. The molecule has 1 aliphatic rings. The first-order valence-corrected chi connectivity index (χ1v) is 13.0. The van der Waals surface area contributed by atoms with Crippen molar-refractivity contribution in [2.75, 3.05) is 0 Å². The second-order valence-electron chi connectivity index (χ2n) is 8.97. The van der Waals surface area contributed by atoms with Crippen LogP contribution < -0.4 is 0 Å². The number of alkyl halides is 7. The first-order chi connectivity index (χ1) is 18.5. The van der Waals surface area contributed by atoms with Gasteiger partial charge in [-0.15, -0.1) is 0 Å². The maximum Gasteiger partial charge on any atom is 0.451 e. The minimum atomic E-state index is -5.01. The second kappa shape index (κ2) is 10.5. The molecule has 8 nitrogen and oxygen atoms in total. The lowest BCUT2D eigenvalue weighted by molar-refractivity contribution is -0.145. The lowest BCUT2D eigenvalue weighted by Crippen LogP contribution is -2.44. The SMILES string of the molecule is C[C@H]1[C@H](F)C[C@@H](C(=O)CCc2cn(-c3cnc(C(F)(F)F)nc3)nc2C(F)(F)F)N1S(=O)(=O)c1ccc(F)cc1. The molecular weight excluding hydrogens is 578 g/mol. The maximum atomic E-state index is 14.6. The van der Waals surface area contributed by atoms with E-state index >= 15 is 0 Å². The van der Waals surface area contributed by atoms with Gasteiger partial charge in [0.1, 0.15) is 17.7 Å². The molecule has 0 bridgehead atoms. The Hall–Kier alpha value is -3.47. The highest BCUT2D eigenvalue weighted by Gasteiger charge is 2.49. The van der Waals surface area contributed by atoms with Crippen molar-refractivity contribution >= 4 is 15.8 Å². The summed E-state index contributed by atoms with van der Waals surface area (Å²) in [5, 5.41) is 3.37. The largest absolute Gasteiger partial charge is 0.451 e. The van der Waals surface area contributed by atoms with Crippen molar-refractivity contribution in [1.82, 2.24) is 24.1 Å². The lowest BCUT2D eigenvalue weighted by Gasteiger charge is -2.26. The van der Waals surface area contributed by atoms with Crippen LogP contribution in [0.1, 0.15) is 36.8 Å². The molecule has 0 spiro atoms. The molecule has 3 atom stereocenters. The van der Waals surface area contributed by atoms with Gasteiger partial charge < -0.3 is 0 Å². The number of benzene rings is 1. The highest BCUT2D eigenvalue weighted by atomic mass is 32.2. The third-order valence-corrected chi connectivity index (χ3v) is 8.31. The number of rotatable bonds is 7. The number of ketones is 1. The number of hydrogen-bond acceptors (Lipinski definition) is 6. The van der Waals surface area contributed by atoms with Crippen LogP contribution in [-0.4, -0.2) is 56.5 Å². The average molecular weight is 597 g/mol. The third-order valence-electron chi connectivity index (χ3n) is 6.30. The van der Waals surface area contributed by atoms with Crippen LogP contribution in [0.5, 0.6) is 0 Å². The molecule has 1 saturated heterocycles. The maximum absolute atomic E-state index is 14.6. The highest BCUT2D eigenvalue weighted by molar-refractivity contribution is 7.89. The number of nitrogens with zero attached hydrogens (tertiary/aromatic N) is 5. The third kappa shape index (κ3) is 5.84. The number of sulfonamides is 1. The fourth-order valence-corrected chi connectivity index (χ4v) is 6.15. The molecule has 1 aromatic carbocycles. The first-order valence-electron chi connectivity index (χ1n) is 11.5. The van der Waals surface area contributed by atoms with Gasteiger partial charge in [-0.3, -0.25) is 4.79 Å². The van der Waals surface area contributed by atoms with Crippen molar-refractivity contribution in [3.8, 4) is 5.69 Å². The Bertz CT molecular complexity index is 1490. The van der Waals surface area contributed by atoms with E-state index in [2.05, 4.69) is 15.1 Å². The van der Waals surface area contributed by atoms with Crippen molar-refractivity contribution in [2.24, 2.45) is 0 Å². The van der Waals surface area contributed by atoms with E-state index in [-0.39, 0.29) is 5.69 Å². The van der Waals surface area contributed by atoms with Crippen LogP contribution in [0.3, 0.4) is 0 Å². The van der Waals surface area contributed by atoms with E-state index in [1.54, 1.807) is 0 Å². The average Bonchev–Trinajstić information content (AvgIpc) is 3.44. The zero-order chi connectivity index (χ0) is 29.6. The molecule has 4 rings (SSSR count). The van der Waals surface area contributed by atoms with Gasteiger partial charge in [-0.2, -0.15) is 35.7 Å². The lowest BCUT2D eigenvalue weighted by atomic mass is 10.0. The van der Waals surface area contributed by atoms with Crippen molar-refractivity contribution in [1.29, 1.82) is 0 Å². The van der Waals surface area contributed by atoms with Gasteiger partial charge in [0, 0.05) is 24.6 Å². The van der Waals surface area contributed by atoms with Crippen LogP contribution in [0, 0.1) is 5.82 Å². The van der Waals surface area contributed by atoms with Crippen LogP contribution in [0.25, 0.3) is 5.69 Å². The molecule has 1 aliphatic heterocycles. The summed E-state index contributed by atoms with van der Waals surface area (Å²) < 4.78 is 135. The highest BCUT2D eigenvalue weighted by Crippen LogP contribution is 2.36. The van der Waals surface area contributed by atoms with Crippen molar-refractivity contribution in [2.45, 2.75) is 61.7 Å². The minimum Gasteiger partial charge on any atom is -0.298 e. The van der Waals surface area contributed by atoms with Crippen LogP contribution >= 0.6 is 0 Å². The summed E-state index contributed by atoms with van der Waals surface area (Å²) in [6.07, 6.45) is -11.3. The van der Waals surface area contributed by atoms with Crippen LogP contribution in [-0.2, 0) is 33.6 Å². The van der Waals surface area contributed by atoms with E-state index in [0.717, 1.165) is 30.5 Å². The van der Waals surface area contributed by atoms with E-state index in [9.17, 15) is 48.3 Å². The molecule has 2 aromatic heterocycles. The molecule has 216 valence electrons. The fourth-order valence-electron chi connectivity index (χ4n) is 4.32. The van der Waals surface area contributed by atoms with E-state index in [4.69, 9.17) is 0 Å². The van der Waals surface area contributed by atoms with Gasteiger partial charge in [-0.1, -0.05) is 0 Å². The number of aromatic nitrogens is 4. The Labute approximate surface area is 221 Å². The Morgan fingerprint density at radius 3 is 2.17 bits per heavy atom. The van der Waals surface area contributed by atoms with Crippen molar-refractivity contribution in [3.63, 3.8) is 0 Å². The quantitative estimate of drug-likeness (QED) is 0.372. The van der Waals surface area contributed by atoms with Gasteiger partial charge in [0.2, 0.25) is 15.8 Å². The standard InChI is InChI=1S/C23H19F8N5O3S/c1-12-17(25)8-18(36(12)40(38,39)16-5-3-14(24)4-6-16)19(37)7-2-13-11-35(34-20(13)22(26,27)28)15-9-32-21(33-10-15)23(29,30)31/h3-6,9-12,17-18H,2,7-8H2,1H3/t12-,17+,18-/m0/s1. The van der Waals surface area contributed by atoms with E-state index in [1.807, 2.05) is 0 Å². The zero-order valence-electron chi connectivity index (χ0n) is 20.3. The van der Waals surface area contributed by atoms with Crippen LogP contribution in [0.4, 0.5) is 35.1 Å². The molecule has 0 radical (unpaired) electrons. The van der Waals surface area contributed by atoms with Crippen LogP contribution in [0.2, 0.25) is 0 Å². The van der Waals surface area contributed by atoms with Crippen molar-refractivity contribution in [3.05, 3.63) is 65.8 Å². The summed E-state index contributed by atoms with van der Waals surface area (Å²) in [6.45, 7) is 1.23. The van der Waals surface area contributed by atoms with Crippen molar-refractivity contribution < 1.29 is 48.3 Å². The molecule has 0 saturated carbocycles. The summed E-state index contributed by atoms with van der Waals surface area (Å²) in [5.74, 6) is -3.10. The summed E-state index contributed by atoms with van der Waals surface area (Å²) in [6, 6.07) is 0.814. The van der Waals surface area contributed by atoms with Gasteiger partial charge in [0.05, 0.1) is 29.4 Å². The Kier molecular flexibility index (Phi) is 7.74. The predicted molar refractivity (Wildman–Crippen MR) is 121 cm³/mol. The number of hydrogen-bond donors (Lipinski definition) is 0. The Morgan fingerprint density at radius 2 is 1.62 bits per heavy atom. The van der Waals surface area contributed by atoms with E-state index in [0.29, 0.717) is 21.4 Å². The number of halogens is 8. The van der Waals surface area contributed by atoms with Gasteiger partial charge >= 0.3 is 12.4 Å². The first kappa shape index (κ1) is 29.5. The molecular formula is C23H19F8N5O3S. The van der Waals surface area contributed by atoms with E-state index in [1.165, 1.54) is 6.92 Å².